The Kier molecular flexibility index (Phi) is 6.29. The highest BCUT2D eigenvalue weighted by atomic mass is 32.2. The van der Waals surface area contributed by atoms with E-state index in [-0.39, 0.29) is 28.2 Å². The number of methoxy groups -OCH3 is 1. The molecule has 0 aromatic heterocycles. The molecule has 7 heteroatoms. The van der Waals surface area contributed by atoms with Gasteiger partial charge in [0.2, 0.25) is 10.0 Å². The van der Waals surface area contributed by atoms with Gasteiger partial charge >= 0.3 is 0 Å². The lowest BCUT2D eigenvalue weighted by Gasteiger charge is -2.32. The number of nitrogens with one attached hydrogen (secondary N) is 1. The smallest absolute Gasteiger partial charge is 0.255 e. The van der Waals surface area contributed by atoms with E-state index >= 15 is 0 Å². The van der Waals surface area contributed by atoms with Crippen LogP contribution in [0.3, 0.4) is 0 Å². The van der Waals surface area contributed by atoms with Crippen molar-refractivity contribution in [2.24, 2.45) is 0 Å². The van der Waals surface area contributed by atoms with Gasteiger partial charge in [0.25, 0.3) is 5.91 Å². The molecule has 0 bridgehead atoms. The van der Waals surface area contributed by atoms with Crippen molar-refractivity contribution in [1.82, 2.24) is 4.31 Å². The largest absolute Gasteiger partial charge is 0.495 e. The Morgan fingerprint density at radius 3 is 2.41 bits per heavy atom. The molecule has 1 N–H and O–H groups in total. The molecule has 1 atom stereocenters. The fraction of sp³-hybridized carbons (Fsp3) is 0.409. The van der Waals surface area contributed by atoms with Crippen LogP contribution in [0, 0.1) is 13.8 Å². The van der Waals surface area contributed by atoms with Gasteiger partial charge in [0, 0.05) is 23.8 Å². The van der Waals surface area contributed by atoms with Crippen LogP contribution in [0.25, 0.3) is 0 Å². The number of ether oxygens (including phenoxy) is 1. The predicted octanol–water partition coefficient (Wildman–Crippen LogP) is 4.13. The molecule has 0 spiro atoms. The molecule has 1 saturated heterocycles. The average molecular weight is 417 g/mol. The Labute approximate surface area is 172 Å². The van der Waals surface area contributed by atoms with Crippen LogP contribution in [-0.4, -0.2) is 38.3 Å². The molecule has 0 radical (unpaired) electrons. The molecule has 6 nitrogen and oxygen atoms in total. The fourth-order valence-electron chi connectivity index (χ4n) is 3.82. The monoisotopic (exact) mass is 416 g/mol. The highest BCUT2D eigenvalue weighted by molar-refractivity contribution is 7.89. The van der Waals surface area contributed by atoms with Crippen molar-refractivity contribution in [3.05, 3.63) is 53.1 Å². The summed E-state index contributed by atoms with van der Waals surface area (Å²) in [7, 11) is -2.33. The maximum absolute atomic E-state index is 13.3. The second-order valence-electron chi connectivity index (χ2n) is 7.66. The summed E-state index contributed by atoms with van der Waals surface area (Å²) in [6.45, 7) is 6.31. The standard InChI is InChI=1S/C22H28N2O4S/c1-15-11-16(2)13-19(12-15)23-22(25)18-8-9-20(28-4)21(14-18)29(26,27)24-10-6-5-7-17(24)3/h8-9,11-14,17H,5-7,10H2,1-4H3,(H,23,25). The number of carbonyl (C=O) groups excluding carboxylic acids is 1. The molecule has 1 aliphatic heterocycles. The molecule has 2 aromatic rings. The molecule has 29 heavy (non-hydrogen) atoms. The number of hydrogen-bond acceptors (Lipinski definition) is 4. The zero-order chi connectivity index (χ0) is 21.2. The van der Waals surface area contributed by atoms with Gasteiger partial charge in [0.15, 0.2) is 0 Å². The lowest BCUT2D eigenvalue weighted by Crippen LogP contribution is -2.42. The van der Waals surface area contributed by atoms with Gasteiger partial charge in [-0.2, -0.15) is 4.31 Å². The molecular formula is C22H28N2O4S. The minimum Gasteiger partial charge on any atom is -0.495 e. The van der Waals surface area contributed by atoms with Gasteiger partial charge < -0.3 is 10.1 Å². The van der Waals surface area contributed by atoms with Crippen LogP contribution < -0.4 is 10.1 Å². The molecule has 3 rings (SSSR count). The van der Waals surface area contributed by atoms with Gasteiger partial charge in [-0.15, -0.1) is 0 Å². The number of sulfonamides is 1. The molecule has 156 valence electrons. The summed E-state index contributed by atoms with van der Waals surface area (Å²) >= 11 is 0. The van der Waals surface area contributed by atoms with Crippen molar-refractivity contribution in [2.45, 2.75) is 51.0 Å². The molecule has 1 heterocycles. The number of rotatable bonds is 5. The van der Waals surface area contributed by atoms with Gasteiger partial charge in [-0.25, -0.2) is 8.42 Å². The van der Waals surface area contributed by atoms with Crippen molar-refractivity contribution < 1.29 is 17.9 Å². The number of piperidine rings is 1. The second kappa shape index (κ2) is 8.55. The van der Waals surface area contributed by atoms with E-state index < -0.39 is 10.0 Å². The number of aryl methyl sites for hydroxylation is 2. The van der Waals surface area contributed by atoms with Crippen molar-refractivity contribution >= 4 is 21.6 Å². The number of amides is 1. The molecule has 1 amide bonds. The quantitative estimate of drug-likeness (QED) is 0.795. The summed E-state index contributed by atoms with van der Waals surface area (Å²) < 4.78 is 33.4. The van der Waals surface area contributed by atoms with E-state index in [9.17, 15) is 13.2 Å². The van der Waals surface area contributed by atoms with Crippen molar-refractivity contribution in [3.63, 3.8) is 0 Å². The van der Waals surface area contributed by atoms with E-state index in [4.69, 9.17) is 4.74 Å². The van der Waals surface area contributed by atoms with Crippen molar-refractivity contribution in [1.29, 1.82) is 0 Å². The van der Waals surface area contributed by atoms with E-state index in [1.165, 1.54) is 23.5 Å². The average Bonchev–Trinajstić information content (AvgIpc) is 2.66. The van der Waals surface area contributed by atoms with E-state index in [1.54, 1.807) is 6.07 Å². The van der Waals surface area contributed by atoms with Gasteiger partial charge in [-0.1, -0.05) is 12.5 Å². The number of benzene rings is 2. The van der Waals surface area contributed by atoms with E-state index in [1.807, 2.05) is 39.0 Å². The summed E-state index contributed by atoms with van der Waals surface area (Å²) in [6.07, 6.45) is 2.68. The van der Waals surface area contributed by atoms with Crippen molar-refractivity contribution in [2.75, 3.05) is 19.0 Å². The van der Waals surface area contributed by atoms with Gasteiger partial charge in [0.1, 0.15) is 10.6 Å². The van der Waals surface area contributed by atoms with Crippen LogP contribution >= 0.6 is 0 Å². The second-order valence-corrected chi connectivity index (χ2v) is 9.52. The van der Waals surface area contributed by atoms with Crippen LogP contribution in [0.1, 0.15) is 47.7 Å². The topological polar surface area (TPSA) is 75.7 Å². The Balaban J connectivity index is 1.95. The molecule has 0 aliphatic carbocycles. The zero-order valence-electron chi connectivity index (χ0n) is 17.4. The Bertz CT molecular complexity index is 997. The first-order valence-corrected chi connectivity index (χ1v) is 11.3. The number of anilines is 1. The summed E-state index contributed by atoms with van der Waals surface area (Å²) in [5, 5.41) is 2.86. The van der Waals surface area contributed by atoms with Gasteiger partial charge in [0.05, 0.1) is 7.11 Å². The third-order valence-corrected chi connectivity index (χ3v) is 7.27. The lowest BCUT2D eigenvalue weighted by molar-refractivity contribution is 0.102. The first-order valence-electron chi connectivity index (χ1n) is 9.82. The highest BCUT2D eigenvalue weighted by Crippen LogP contribution is 2.32. The van der Waals surface area contributed by atoms with Gasteiger partial charge in [-0.05, 0) is 75.1 Å². The Hall–Kier alpha value is -2.38. The third kappa shape index (κ3) is 4.62. The Morgan fingerprint density at radius 1 is 1.10 bits per heavy atom. The van der Waals surface area contributed by atoms with Crippen LogP contribution in [0.2, 0.25) is 0 Å². The fourth-order valence-corrected chi connectivity index (χ4v) is 5.71. The summed E-state index contributed by atoms with van der Waals surface area (Å²) in [5.74, 6) is -0.119. The Morgan fingerprint density at radius 2 is 1.79 bits per heavy atom. The summed E-state index contributed by atoms with van der Waals surface area (Å²) in [6, 6.07) is 10.2. The first kappa shape index (κ1) is 21.3. The molecule has 1 aliphatic rings. The van der Waals surface area contributed by atoms with E-state index in [2.05, 4.69) is 5.32 Å². The van der Waals surface area contributed by atoms with Crippen LogP contribution in [0.5, 0.6) is 5.75 Å². The minimum absolute atomic E-state index is 0.0295. The normalized spacial score (nSPS) is 17.7. The van der Waals surface area contributed by atoms with Gasteiger partial charge in [-0.3, -0.25) is 4.79 Å². The zero-order valence-corrected chi connectivity index (χ0v) is 18.2. The minimum atomic E-state index is -3.77. The SMILES string of the molecule is COc1ccc(C(=O)Nc2cc(C)cc(C)c2)cc1S(=O)(=O)N1CCCCC1C. The number of hydrogen-bond donors (Lipinski definition) is 1. The van der Waals surface area contributed by atoms with E-state index in [0.717, 1.165) is 30.4 Å². The number of carbonyl (C=O) groups is 1. The lowest BCUT2D eigenvalue weighted by atomic mass is 10.1. The maximum atomic E-state index is 13.3. The van der Waals surface area contributed by atoms with Crippen molar-refractivity contribution in [3.8, 4) is 5.75 Å². The highest BCUT2D eigenvalue weighted by Gasteiger charge is 2.33. The van der Waals surface area contributed by atoms with Crippen LogP contribution in [0.4, 0.5) is 5.69 Å². The van der Waals surface area contributed by atoms with E-state index in [0.29, 0.717) is 12.2 Å². The maximum Gasteiger partial charge on any atom is 0.255 e. The molecule has 1 unspecified atom stereocenters. The summed E-state index contributed by atoms with van der Waals surface area (Å²) in [4.78, 5) is 12.8. The first-order chi connectivity index (χ1) is 13.7. The molecular weight excluding hydrogens is 388 g/mol. The molecule has 2 aromatic carbocycles. The summed E-state index contributed by atoms with van der Waals surface area (Å²) in [5.41, 5.74) is 3.03. The third-order valence-electron chi connectivity index (χ3n) is 5.23. The van der Waals surface area contributed by atoms with Crippen LogP contribution in [0.15, 0.2) is 41.3 Å². The molecule has 1 fully saturated rings. The van der Waals surface area contributed by atoms with Crippen LogP contribution in [-0.2, 0) is 10.0 Å². The molecule has 0 saturated carbocycles. The predicted molar refractivity (Wildman–Crippen MR) is 114 cm³/mol. The number of nitrogens with zero attached hydrogens (tertiary/aromatic N) is 1.